The highest BCUT2D eigenvalue weighted by molar-refractivity contribution is 6.30. The van der Waals surface area contributed by atoms with E-state index in [4.69, 9.17) is 16.7 Å². The summed E-state index contributed by atoms with van der Waals surface area (Å²) in [4.78, 5) is 0. The van der Waals surface area contributed by atoms with Crippen LogP contribution in [0.25, 0.3) is 0 Å². The third-order valence-electron chi connectivity index (χ3n) is 2.65. The minimum atomic E-state index is 0.133. The molecular weight excluding hydrogens is 186 g/mol. The van der Waals surface area contributed by atoms with Gasteiger partial charge in [-0.3, -0.25) is 0 Å². The fourth-order valence-electron chi connectivity index (χ4n) is 1.80. The largest absolute Gasteiger partial charge is 0.394 e. The SMILES string of the molecule is CC1c2ccc(Cl)cc2NC1CO. The molecule has 0 amide bonds. The number of anilines is 1. The molecule has 0 aliphatic carbocycles. The Kier molecular flexibility index (Phi) is 2.18. The third-order valence-corrected chi connectivity index (χ3v) is 2.88. The molecular formula is C10H12ClNO. The summed E-state index contributed by atoms with van der Waals surface area (Å²) in [7, 11) is 0. The second-order valence-electron chi connectivity index (χ2n) is 3.45. The average molecular weight is 198 g/mol. The number of halogens is 1. The van der Waals surface area contributed by atoms with Gasteiger partial charge in [0, 0.05) is 16.6 Å². The van der Waals surface area contributed by atoms with Gasteiger partial charge in [0.2, 0.25) is 0 Å². The van der Waals surface area contributed by atoms with Crippen molar-refractivity contribution in [2.24, 2.45) is 0 Å². The molecule has 2 rings (SSSR count). The zero-order valence-electron chi connectivity index (χ0n) is 7.42. The van der Waals surface area contributed by atoms with Crippen LogP contribution in [0.4, 0.5) is 5.69 Å². The molecule has 2 unspecified atom stereocenters. The molecule has 1 aliphatic heterocycles. The zero-order chi connectivity index (χ0) is 9.42. The van der Waals surface area contributed by atoms with E-state index in [1.165, 1.54) is 5.56 Å². The van der Waals surface area contributed by atoms with Gasteiger partial charge in [-0.1, -0.05) is 24.6 Å². The summed E-state index contributed by atoms with van der Waals surface area (Å²) in [5, 5.41) is 13.1. The van der Waals surface area contributed by atoms with E-state index in [0.717, 1.165) is 10.7 Å². The minimum Gasteiger partial charge on any atom is -0.394 e. The molecule has 0 fully saturated rings. The van der Waals surface area contributed by atoms with Gasteiger partial charge in [0.25, 0.3) is 0 Å². The van der Waals surface area contributed by atoms with Crippen LogP contribution >= 0.6 is 11.6 Å². The monoisotopic (exact) mass is 197 g/mol. The molecule has 0 saturated heterocycles. The van der Waals surface area contributed by atoms with E-state index in [2.05, 4.69) is 12.2 Å². The van der Waals surface area contributed by atoms with E-state index in [0.29, 0.717) is 5.92 Å². The topological polar surface area (TPSA) is 32.3 Å². The molecule has 1 aliphatic rings. The Morgan fingerprint density at radius 2 is 2.31 bits per heavy atom. The Morgan fingerprint density at radius 3 is 3.00 bits per heavy atom. The molecule has 2 N–H and O–H groups in total. The van der Waals surface area contributed by atoms with E-state index >= 15 is 0 Å². The van der Waals surface area contributed by atoms with Crippen molar-refractivity contribution in [2.45, 2.75) is 18.9 Å². The molecule has 2 nitrogen and oxygen atoms in total. The van der Waals surface area contributed by atoms with Crippen molar-refractivity contribution in [3.8, 4) is 0 Å². The van der Waals surface area contributed by atoms with E-state index in [1.807, 2.05) is 18.2 Å². The van der Waals surface area contributed by atoms with Crippen molar-refractivity contribution in [3.05, 3.63) is 28.8 Å². The summed E-state index contributed by atoms with van der Waals surface area (Å²) in [6, 6.07) is 5.94. The van der Waals surface area contributed by atoms with Crippen LogP contribution in [-0.4, -0.2) is 17.8 Å². The molecule has 1 aromatic rings. The molecule has 3 heteroatoms. The first kappa shape index (κ1) is 8.85. The van der Waals surface area contributed by atoms with E-state index in [-0.39, 0.29) is 12.6 Å². The maximum absolute atomic E-state index is 9.08. The van der Waals surface area contributed by atoms with Gasteiger partial charge >= 0.3 is 0 Å². The first-order chi connectivity index (χ1) is 6.22. The number of fused-ring (bicyclic) bond motifs is 1. The van der Waals surface area contributed by atoms with Crippen LogP contribution in [0.15, 0.2) is 18.2 Å². The van der Waals surface area contributed by atoms with Crippen molar-refractivity contribution in [2.75, 3.05) is 11.9 Å². The highest BCUT2D eigenvalue weighted by Gasteiger charge is 2.27. The smallest absolute Gasteiger partial charge is 0.0638 e. The molecule has 0 bridgehead atoms. The maximum atomic E-state index is 9.08. The molecule has 13 heavy (non-hydrogen) atoms. The van der Waals surface area contributed by atoms with E-state index in [9.17, 15) is 0 Å². The van der Waals surface area contributed by atoms with E-state index in [1.54, 1.807) is 0 Å². The Hall–Kier alpha value is -0.730. The number of hydrogen-bond donors (Lipinski definition) is 2. The van der Waals surface area contributed by atoms with Crippen LogP contribution in [0.2, 0.25) is 5.02 Å². The van der Waals surface area contributed by atoms with Crippen molar-refractivity contribution >= 4 is 17.3 Å². The van der Waals surface area contributed by atoms with Gasteiger partial charge in [-0.15, -0.1) is 0 Å². The van der Waals surface area contributed by atoms with Crippen molar-refractivity contribution in [3.63, 3.8) is 0 Å². The molecule has 0 aromatic heterocycles. The summed E-state index contributed by atoms with van der Waals surface area (Å²) >= 11 is 5.86. The summed E-state index contributed by atoms with van der Waals surface area (Å²) in [6.45, 7) is 2.26. The summed E-state index contributed by atoms with van der Waals surface area (Å²) < 4.78 is 0. The van der Waals surface area contributed by atoms with Crippen LogP contribution in [0.3, 0.4) is 0 Å². The predicted octanol–water partition coefficient (Wildman–Crippen LogP) is 2.23. The van der Waals surface area contributed by atoms with Gasteiger partial charge in [0.1, 0.15) is 0 Å². The summed E-state index contributed by atoms with van der Waals surface area (Å²) in [5.41, 5.74) is 2.29. The van der Waals surface area contributed by atoms with Crippen LogP contribution in [0.1, 0.15) is 18.4 Å². The van der Waals surface area contributed by atoms with Gasteiger partial charge in [0.15, 0.2) is 0 Å². The molecule has 2 atom stereocenters. The lowest BCUT2D eigenvalue weighted by Gasteiger charge is -2.12. The quantitative estimate of drug-likeness (QED) is 0.724. The lowest BCUT2D eigenvalue weighted by atomic mass is 9.98. The molecule has 70 valence electrons. The number of nitrogens with one attached hydrogen (secondary N) is 1. The maximum Gasteiger partial charge on any atom is 0.0638 e. The second kappa shape index (κ2) is 3.20. The number of aliphatic hydroxyl groups excluding tert-OH is 1. The average Bonchev–Trinajstić information content (AvgIpc) is 2.42. The third kappa shape index (κ3) is 1.40. The molecule has 0 saturated carbocycles. The number of benzene rings is 1. The van der Waals surface area contributed by atoms with Gasteiger partial charge in [-0.05, 0) is 17.7 Å². The summed E-state index contributed by atoms with van der Waals surface area (Å²) in [6.07, 6.45) is 0. The molecule has 0 spiro atoms. The van der Waals surface area contributed by atoms with Crippen molar-refractivity contribution < 1.29 is 5.11 Å². The highest BCUT2D eigenvalue weighted by atomic mass is 35.5. The highest BCUT2D eigenvalue weighted by Crippen LogP contribution is 2.36. The van der Waals surface area contributed by atoms with Gasteiger partial charge in [-0.25, -0.2) is 0 Å². The van der Waals surface area contributed by atoms with E-state index < -0.39 is 0 Å². The van der Waals surface area contributed by atoms with Crippen LogP contribution in [0, 0.1) is 0 Å². The standard InChI is InChI=1S/C10H12ClNO/c1-6-8-3-2-7(11)4-9(8)12-10(6)5-13/h2-4,6,10,12-13H,5H2,1H3. The van der Waals surface area contributed by atoms with Gasteiger partial charge in [0.05, 0.1) is 12.6 Å². The normalized spacial score (nSPS) is 25.5. The molecule has 0 radical (unpaired) electrons. The minimum absolute atomic E-state index is 0.133. The van der Waals surface area contributed by atoms with Crippen LogP contribution < -0.4 is 5.32 Å². The first-order valence-corrected chi connectivity index (χ1v) is 4.77. The molecule has 1 aromatic carbocycles. The van der Waals surface area contributed by atoms with Crippen LogP contribution in [0.5, 0.6) is 0 Å². The van der Waals surface area contributed by atoms with Crippen LogP contribution in [-0.2, 0) is 0 Å². The fourth-order valence-corrected chi connectivity index (χ4v) is 1.97. The fraction of sp³-hybridized carbons (Fsp3) is 0.400. The lowest BCUT2D eigenvalue weighted by molar-refractivity contribution is 0.266. The summed E-state index contributed by atoms with van der Waals surface area (Å²) in [5.74, 6) is 0.359. The Labute approximate surface area is 82.5 Å². The van der Waals surface area contributed by atoms with Gasteiger partial charge < -0.3 is 10.4 Å². The zero-order valence-corrected chi connectivity index (χ0v) is 8.17. The Bertz CT molecular complexity index is 327. The number of hydrogen-bond acceptors (Lipinski definition) is 2. The van der Waals surface area contributed by atoms with Gasteiger partial charge in [-0.2, -0.15) is 0 Å². The number of rotatable bonds is 1. The predicted molar refractivity (Wildman–Crippen MR) is 54.4 cm³/mol. The van der Waals surface area contributed by atoms with Crippen molar-refractivity contribution in [1.82, 2.24) is 0 Å². The lowest BCUT2D eigenvalue weighted by Crippen LogP contribution is -2.22. The molecule has 1 heterocycles. The number of aliphatic hydroxyl groups is 1. The Morgan fingerprint density at radius 1 is 1.54 bits per heavy atom. The second-order valence-corrected chi connectivity index (χ2v) is 3.89. The first-order valence-electron chi connectivity index (χ1n) is 4.39. The Balaban J connectivity index is 2.38. The van der Waals surface area contributed by atoms with Crippen molar-refractivity contribution in [1.29, 1.82) is 0 Å².